The van der Waals surface area contributed by atoms with Gasteiger partial charge in [0, 0.05) is 19.4 Å². The van der Waals surface area contributed by atoms with Crippen molar-refractivity contribution in [3.05, 3.63) is 97.2 Å². The number of aliphatic hydroxyl groups excluding tert-OH is 1. The Hall–Kier alpha value is -3.07. The molecule has 0 aliphatic rings. The van der Waals surface area contributed by atoms with Crippen LogP contribution in [0.15, 0.2) is 97.2 Å². The van der Waals surface area contributed by atoms with Gasteiger partial charge in [-0.3, -0.25) is 18.6 Å². The molecule has 0 saturated carbocycles. The van der Waals surface area contributed by atoms with Gasteiger partial charge in [0.15, 0.2) is 0 Å². The summed E-state index contributed by atoms with van der Waals surface area (Å²) in [5.74, 6) is -0.535. The molecule has 384 valence electrons. The Bertz CT molecular complexity index is 1410. The molecule has 0 aliphatic carbocycles. The lowest BCUT2D eigenvalue weighted by Gasteiger charge is -2.15. The zero-order valence-electron chi connectivity index (χ0n) is 42.6. The van der Waals surface area contributed by atoms with E-state index in [0.717, 1.165) is 96.3 Å². The van der Waals surface area contributed by atoms with Crippen LogP contribution in [0.5, 0.6) is 0 Å². The fraction of sp³-hybridized carbons (Fsp3) is 0.684. The average molecular weight is 956 g/mol. The van der Waals surface area contributed by atoms with Gasteiger partial charge in [-0.2, -0.15) is 0 Å². The lowest BCUT2D eigenvalue weighted by Crippen LogP contribution is -2.27. The third kappa shape index (κ3) is 53.7. The maximum Gasteiger partial charge on any atom is 0.472 e. The van der Waals surface area contributed by atoms with Crippen molar-refractivity contribution in [1.82, 2.24) is 5.32 Å². The summed E-state index contributed by atoms with van der Waals surface area (Å²) in [6.07, 6.45) is 69.1. The first kappa shape index (κ1) is 63.9. The largest absolute Gasteiger partial charge is 0.472 e. The van der Waals surface area contributed by atoms with Gasteiger partial charge < -0.3 is 20.1 Å². The number of nitrogens with one attached hydrogen (secondary N) is 1. The first-order valence-corrected chi connectivity index (χ1v) is 28.2. The molecule has 9 nitrogen and oxygen atoms in total. The van der Waals surface area contributed by atoms with Crippen LogP contribution in [0.3, 0.4) is 0 Å². The molecule has 0 radical (unpaired) electrons. The van der Waals surface area contributed by atoms with Crippen LogP contribution in [0.1, 0.15) is 219 Å². The molecular weight excluding hydrogens is 858 g/mol. The fourth-order valence-corrected chi connectivity index (χ4v) is 7.76. The SMILES string of the molecule is CC/C=C\C/C=C\C/C=C\C/C=C\C/C=C\CCCCCCCCCC(=O)OCC(O)COP(=O)(O)OCCNC(=O)CCCCCCCCCCCC/C=C\C/C=C\C/C=C\CCCCC. The highest BCUT2D eigenvalue weighted by Crippen LogP contribution is 2.42. The zero-order chi connectivity index (χ0) is 48.8. The highest BCUT2D eigenvalue weighted by Gasteiger charge is 2.23. The van der Waals surface area contributed by atoms with E-state index < -0.39 is 26.5 Å². The quantitative estimate of drug-likeness (QED) is 0.0238. The summed E-state index contributed by atoms with van der Waals surface area (Å²) in [6, 6.07) is 0. The molecule has 2 unspecified atom stereocenters. The highest BCUT2D eigenvalue weighted by atomic mass is 31.2. The zero-order valence-corrected chi connectivity index (χ0v) is 43.5. The predicted octanol–water partition coefficient (Wildman–Crippen LogP) is 16.1. The number of aliphatic hydroxyl groups is 1. The molecule has 0 aliphatic heterocycles. The third-order valence-electron chi connectivity index (χ3n) is 11.0. The molecule has 0 aromatic rings. The maximum absolute atomic E-state index is 12.2. The minimum atomic E-state index is -4.44. The lowest BCUT2D eigenvalue weighted by molar-refractivity contribution is -0.147. The van der Waals surface area contributed by atoms with Gasteiger partial charge in [0.25, 0.3) is 0 Å². The molecular formula is C57H98NO8P. The highest BCUT2D eigenvalue weighted by molar-refractivity contribution is 7.47. The van der Waals surface area contributed by atoms with E-state index in [1.807, 2.05) is 0 Å². The number of rotatable bonds is 49. The molecule has 1 amide bonds. The summed E-state index contributed by atoms with van der Waals surface area (Å²) < 4.78 is 27.0. The van der Waals surface area contributed by atoms with Crippen LogP contribution < -0.4 is 5.32 Å². The Labute approximate surface area is 410 Å². The Morgan fingerprint density at radius 1 is 0.478 bits per heavy atom. The number of ether oxygens (including phenoxy) is 1. The van der Waals surface area contributed by atoms with Gasteiger partial charge in [0.1, 0.15) is 12.7 Å². The molecule has 0 spiro atoms. The smallest absolute Gasteiger partial charge is 0.463 e. The summed E-state index contributed by atoms with van der Waals surface area (Å²) in [4.78, 5) is 34.1. The second kappa shape index (κ2) is 52.3. The molecule has 0 rings (SSSR count). The van der Waals surface area contributed by atoms with Gasteiger partial charge in [-0.15, -0.1) is 0 Å². The van der Waals surface area contributed by atoms with E-state index in [-0.39, 0.29) is 32.1 Å². The molecule has 67 heavy (non-hydrogen) atoms. The fourth-order valence-electron chi connectivity index (χ4n) is 7.00. The van der Waals surface area contributed by atoms with E-state index in [0.29, 0.717) is 6.42 Å². The van der Waals surface area contributed by atoms with E-state index in [4.69, 9.17) is 13.8 Å². The summed E-state index contributed by atoms with van der Waals surface area (Å²) >= 11 is 0. The molecule has 10 heteroatoms. The van der Waals surface area contributed by atoms with Crippen molar-refractivity contribution < 1.29 is 37.9 Å². The first-order valence-electron chi connectivity index (χ1n) is 26.7. The van der Waals surface area contributed by atoms with E-state index >= 15 is 0 Å². The van der Waals surface area contributed by atoms with Crippen LogP contribution in [-0.4, -0.2) is 54.3 Å². The van der Waals surface area contributed by atoms with Crippen molar-refractivity contribution in [1.29, 1.82) is 0 Å². The van der Waals surface area contributed by atoms with Crippen LogP contribution in [0.4, 0.5) is 0 Å². The molecule has 0 saturated heterocycles. The normalized spacial score (nSPS) is 13.9. The number of carbonyl (C=O) groups excluding carboxylic acids is 2. The maximum atomic E-state index is 12.2. The molecule has 0 bridgehead atoms. The van der Waals surface area contributed by atoms with Crippen LogP contribution in [0.25, 0.3) is 0 Å². The van der Waals surface area contributed by atoms with Crippen molar-refractivity contribution in [3.63, 3.8) is 0 Å². The molecule has 0 aromatic heterocycles. The van der Waals surface area contributed by atoms with Crippen molar-refractivity contribution in [2.75, 3.05) is 26.4 Å². The summed E-state index contributed by atoms with van der Waals surface area (Å²) in [7, 11) is -4.44. The number of phosphoric acid groups is 1. The number of allylic oxidation sites excluding steroid dienone is 16. The second-order valence-electron chi connectivity index (χ2n) is 17.5. The van der Waals surface area contributed by atoms with Gasteiger partial charge in [0.05, 0.1) is 13.2 Å². The van der Waals surface area contributed by atoms with Crippen LogP contribution >= 0.6 is 7.82 Å². The minimum Gasteiger partial charge on any atom is -0.463 e. The van der Waals surface area contributed by atoms with Gasteiger partial charge >= 0.3 is 13.8 Å². The third-order valence-corrected chi connectivity index (χ3v) is 12.0. The number of esters is 1. The molecule has 2 atom stereocenters. The van der Waals surface area contributed by atoms with E-state index in [1.165, 1.54) is 96.3 Å². The number of hydrogen-bond donors (Lipinski definition) is 3. The Kier molecular flexibility index (Phi) is 49.9. The minimum absolute atomic E-state index is 0.0731. The van der Waals surface area contributed by atoms with Gasteiger partial charge in [-0.05, 0) is 96.3 Å². The molecule has 3 N–H and O–H groups in total. The van der Waals surface area contributed by atoms with Crippen molar-refractivity contribution in [2.45, 2.75) is 225 Å². The van der Waals surface area contributed by atoms with Gasteiger partial charge in [0.2, 0.25) is 5.91 Å². The molecule has 0 heterocycles. The second-order valence-corrected chi connectivity index (χ2v) is 18.9. The van der Waals surface area contributed by atoms with Gasteiger partial charge in [-0.25, -0.2) is 4.57 Å². The van der Waals surface area contributed by atoms with Crippen molar-refractivity contribution >= 4 is 19.7 Å². The number of amides is 1. The van der Waals surface area contributed by atoms with Gasteiger partial charge in [-0.1, -0.05) is 207 Å². The number of carbonyl (C=O) groups is 2. The van der Waals surface area contributed by atoms with Crippen molar-refractivity contribution in [2.24, 2.45) is 0 Å². The number of unbranched alkanes of at least 4 members (excludes halogenated alkanes) is 20. The Morgan fingerprint density at radius 2 is 0.851 bits per heavy atom. The monoisotopic (exact) mass is 956 g/mol. The average Bonchev–Trinajstić information content (AvgIpc) is 3.32. The lowest BCUT2D eigenvalue weighted by atomic mass is 10.0. The van der Waals surface area contributed by atoms with E-state index in [1.54, 1.807) is 0 Å². The van der Waals surface area contributed by atoms with Crippen LogP contribution in [0, 0.1) is 0 Å². The Balaban J connectivity index is 3.61. The Morgan fingerprint density at radius 3 is 1.28 bits per heavy atom. The number of phosphoric ester groups is 1. The number of hydrogen-bond acceptors (Lipinski definition) is 7. The molecule has 0 fully saturated rings. The predicted molar refractivity (Wildman–Crippen MR) is 284 cm³/mol. The standard InChI is InChI=1S/C57H98NO8P/c1-3-5-7-9-11-13-15-17-19-21-23-25-27-29-31-33-35-37-39-41-43-45-47-49-56(60)58-51-52-65-67(62,63)66-54-55(59)53-64-57(61)50-48-46-44-42-40-38-36-34-32-30-28-26-24-22-20-18-16-14-12-10-8-6-4-2/h6,8,11-14,17-20,23-26,30,32,55,59H,3-5,7,9-10,15-16,21-22,27-29,31,33-54H2,1-2H3,(H,58,60)(H,62,63)/b8-6-,13-11-,14-12-,19-17-,20-18-,25-23-,26-24-,32-30-. The topological polar surface area (TPSA) is 131 Å². The summed E-state index contributed by atoms with van der Waals surface area (Å²) in [5.41, 5.74) is 0. The van der Waals surface area contributed by atoms with E-state index in [2.05, 4.69) is 116 Å². The molecule has 0 aromatic carbocycles. The van der Waals surface area contributed by atoms with Crippen LogP contribution in [-0.2, 0) is 27.9 Å². The summed E-state index contributed by atoms with van der Waals surface area (Å²) in [6.45, 7) is 3.40. The first-order chi connectivity index (χ1) is 32.8. The van der Waals surface area contributed by atoms with Crippen LogP contribution in [0.2, 0.25) is 0 Å². The summed E-state index contributed by atoms with van der Waals surface area (Å²) in [5, 5.41) is 12.8. The van der Waals surface area contributed by atoms with E-state index in [9.17, 15) is 24.2 Å². The van der Waals surface area contributed by atoms with Crippen molar-refractivity contribution in [3.8, 4) is 0 Å².